The van der Waals surface area contributed by atoms with E-state index in [9.17, 15) is 4.79 Å². The Morgan fingerprint density at radius 2 is 2.19 bits per heavy atom. The number of amides is 1. The number of carbonyl (C=O) groups is 1. The Hall–Kier alpha value is -2.78. The Labute approximate surface area is 156 Å². The summed E-state index contributed by atoms with van der Waals surface area (Å²) in [5.41, 5.74) is 0.878. The molecule has 132 valence electrons. The van der Waals surface area contributed by atoms with Gasteiger partial charge in [0, 0.05) is 23.1 Å². The number of nitrogens with one attached hydrogen (secondary N) is 1. The molecule has 0 aliphatic carbocycles. The fraction of sp³-hybridized carbons (Fsp3) is 0.176. The molecule has 0 saturated carbocycles. The summed E-state index contributed by atoms with van der Waals surface area (Å²) < 4.78 is 10.3. The first kappa shape index (κ1) is 16.7. The zero-order valence-electron chi connectivity index (χ0n) is 13.8. The maximum absolute atomic E-state index is 12.1. The highest BCUT2D eigenvalue weighted by molar-refractivity contribution is 7.17. The summed E-state index contributed by atoms with van der Waals surface area (Å²) >= 11 is 3.08. The first-order chi connectivity index (χ1) is 12.7. The van der Waals surface area contributed by atoms with Crippen molar-refractivity contribution >= 4 is 33.7 Å². The standard InChI is InChI=1S/C17H14N4O3S2/c1-10-4-5-13(26-10)11-9-25-17(18-11)19-14(22)6-7-15-20-16(21-24-15)12-3-2-8-23-12/h2-5,8-9H,6-7H2,1H3,(H,18,19,22). The van der Waals surface area contributed by atoms with Crippen LogP contribution in [-0.4, -0.2) is 21.0 Å². The van der Waals surface area contributed by atoms with Crippen molar-refractivity contribution in [3.8, 4) is 22.2 Å². The molecule has 0 radical (unpaired) electrons. The highest BCUT2D eigenvalue weighted by Crippen LogP contribution is 2.30. The number of aryl methyl sites for hydroxylation is 2. The van der Waals surface area contributed by atoms with Crippen LogP contribution in [0.2, 0.25) is 0 Å². The van der Waals surface area contributed by atoms with Crippen LogP contribution in [0.4, 0.5) is 5.13 Å². The van der Waals surface area contributed by atoms with Gasteiger partial charge in [0.15, 0.2) is 10.9 Å². The molecule has 0 saturated heterocycles. The predicted molar refractivity (Wildman–Crippen MR) is 99.1 cm³/mol. The van der Waals surface area contributed by atoms with Crippen molar-refractivity contribution in [2.75, 3.05) is 5.32 Å². The van der Waals surface area contributed by atoms with E-state index in [1.54, 1.807) is 29.7 Å². The summed E-state index contributed by atoms with van der Waals surface area (Å²) in [5, 5.41) is 9.17. The molecule has 0 unspecified atom stereocenters. The topological polar surface area (TPSA) is 94.1 Å². The fourth-order valence-electron chi connectivity index (χ4n) is 2.28. The molecule has 0 atom stereocenters. The lowest BCUT2D eigenvalue weighted by atomic mass is 10.3. The lowest BCUT2D eigenvalue weighted by molar-refractivity contribution is -0.116. The Morgan fingerprint density at radius 1 is 1.27 bits per heavy atom. The molecule has 1 N–H and O–H groups in total. The third-order valence-electron chi connectivity index (χ3n) is 3.52. The van der Waals surface area contributed by atoms with Gasteiger partial charge in [0.25, 0.3) is 0 Å². The van der Waals surface area contributed by atoms with Crippen LogP contribution in [0.1, 0.15) is 17.2 Å². The molecule has 1 amide bonds. The van der Waals surface area contributed by atoms with Crippen molar-refractivity contribution in [2.45, 2.75) is 19.8 Å². The Balaban J connectivity index is 1.32. The summed E-state index contributed by atoms with van der Waals surface area (Å²) in [4.78, 5) is 23.1. The number of anilines is 1. The van der Waals surface area contributed by atoms with E-state index in [0.29, 0.717) is 29.0 Å². The third-order valence-corrected chi connectivity index (χ3v) is 5.30. The van der Waals surface area contributed by atoms with Gasteiger partial charge in [-0.1, -0.05) is 5.16 Å². The monoisotopic (exact) mass is 386 g/mol. The summed E-state index contributed by atoms with van der Waals surface area (Å²) in [6.07, 6.45) is 2.12. The van der Waals surface area contributed by atoms with Crippen molar-refractivity contribution < 1.29 is 13.7 Å². The number of rotatable bonds is 6. The molecule has 7 nitrogen and oxygen atoms in total. The van der Waals surface area contributed by atoms with Gasteiger partial charge in [0.05, 0.1) is 16.8 Å². The summed E-state index contributed by atoms with van der Waals surface area (Å²) in [6, 6.07) is 7.58. The van der Waals surface area contributed by atoms with E-state index in [4.69, 9.17) is 8.94 Å². The minimum Gasteiger partial charge on any atom is -0.461 e. The summed E-state index contributed by atoms with van der Waals surface area (Å²) in [5.74, 6) is 1.15. The second-order valence-corrected chi connectivity index (χ2v) is 7.63. The number of hydrogen-bond acceptors (Lipinski definition) is 8. The van der Waals surface area contributed by atoms with Crippen molar-refractivity contribution in [1.82, 2.24) is 15.1 Å². The maximum Gasteiger partial charge on any atom is 0.238 e. The van der Waals surface area contributed by atoms with E-state index in [2.05, 4.69) is 33.4 Å². The van der Waals surface area contributed by atoms with E-state index >= 15 is 0 Å². The van der Waals surface area contributed by atoms with Gasteiger partial charge in [0.2, 0.25) is 17.6 Å². The number of furan rings is 1. The lowest BCUT2D eigenvalue weighted by Gasteiger charge is -1.99. The second-order valence-electron chi connectivity index (χ2n) is 5.49. The predicted octanol–water partition coefficient (Wildman–Crippen LogP) is 4.39. The molecule has 0 fully saturated rings. The van der Waals surface area contributed by atoms with E-state index < -0.39 is 0 Å². The number of hydrogen-bond donors (Lipinski definition) is 1. The first-order valence-corrected chi connectivity index (χ1v) is 9.55. The number of nitrogens with zero attached hydrogens (tertiary/aromatic N) is 3. The molecule has 0 aliphatic rings. The number of thiazole rings is 1. The molecule has 4 heterocycles. The van der Waals surface area contributed by atoms with Crippen LogP contribution in [0.15, 0.2) is 44.8 Å². The quantitative estimate of drug-likeness (QED) is 0.528. The maximum atomic E-state index is 12.1. The number of carbonyl (C=O) groups excluding carboxylic acids is 1. The fourth-order valence-corrected chi connectivity index (χ4v) is 3.91. The van der Waals surface area contributed by atoms with Gasteiger partial charge in [-0.2, -0.15) is 4.98 Å². The van der Waals surface area contributed by atoms with E-state index in [1.165, 1.54) is 16.2 Å². The molecular weight excluding hydrogens is 372 g/mol. The van der Waals surface area contributed by atoms with Crippen molar-refractivity contribution in [2.24, 2.45) is 0 Å². The van der Waals surface area contributed by atoms with Crippen LogP contribution in [-0.2, 0) is 11.2 Å². The van der Waals surface area contributed by atoms with Crippen LogP contribution in [0.5, 0.6) is 0 Å². The van der Waals surface area contributed by atoms with Gasteiger partial charge < -0.3 is 14.3 Å². The lowest BCUT2D eigenvalue weighted by Crippen LogP contribution is -2.12. The average Bonchev–Trinajstić information content (AvgIpc) is 3.39. The van der Waals surface area contributed by atoms with Gasteiger partial charge in [-0.3, -0.25) is 4.79 Å². The van der Waals surface area contributed by atoms with Crippen LogP contribution in [0.3, 0.4) is 0 Å². The van der Waals surface area contributed by atoms with Crippen LogP contribution < -0.4 is 5.32 Å². The van der Waals surface area contributed by atoms with Crippen molar-refractivity contribution in [3.63, 3.8) is 0 Å². The van der Waals surface area contributed by atoms with Crippen molar-refractivity contribution in [1.29, 1.82) is 0 Å². The van der Waals surface area contributed by atoms with Crippen LogP contribution in [0, 0.1) is 6.92 Å². The smallest absolute Gasteiger partial charge is 0.238 e. The van der Waals surface area contributed by atoms with Gasteiger partial charge in [0.1, 0.15) is 0 Å². The highest BCUT2D eigenvalue weighted by Gasteiger charge is 2.13. The Kier molecular flexibility index (Phi) is 4.63. The molecule has 0 spiro atoms. The highest BCUT2D eigenvalue weighted by atomic mass is 32.1. The molecule has 4 rings (SSSR count). The van der Waals surface area contributed by atoms with Crippen LogP contribution in [0.25, 0.3) is 22.2 Å². The zero-order valence-corrected chi connectivity index (χ0v) is 15.4. The van der Waals surface area contributed by atoms with Crippen molar-refractivity contribution in [3.05, 3.63) is 46.7 Å². The molecule has 0 aliphatic heterocycles. The zero-order chi connectivity index (χ0) is 17.9. The normalized spacial score (nSPS) is 11.0. The Bertz CT molecular complexity index is 1020. The molecule has 9 heteroatoms. The van der Waals surface area contributed by atoms with Gasteiger partial charge in [-0.25, -0.2) is 4.98 Å². The van der Waals surface area contributed by atoms with E-state index in [-0.39, 0.29) is 12.3 Å². The molecule has 26 heavy (non-hydrogen) atoms. The molecule has 4 aromatic rings. The molecule has 0 aromatic carbocycles. The van der Waals surface area contributed by atoms with Gasteiger partial charge >= 0.3 is 0 Å². The summed E-state index contributed by atoms with van der Waals surface area (Å²) in [6.45, 7) is 2.05. The summed E-state index contributed by atoms with van der Waals surface area (Å²) in [7, 11) is 0. The van der Waals surface area contributed by atoms with E-state index in [1.807, 2.05) is 11.4 Å². The van der Waals surface area contributed by atoms with Gasteiger partial charge in [-0.05, 0) is 31.2 Å². The second kappa shape index (κ2) is 7.22. The first-order valence-electron chi connectivity index (χ1n) is 7.86. The largest absolute Gasteiger partial charge is 0.461 e. The third kappa shape index (κ3) is 3.73. The minimum atomic E-state index is -0.147. The molecular formula is C17H14N4O3S2. The minimum absolute atomic E-state index is 0.147. The van der Waals surface area contributed by atoms with Gasteiger partial charge in [-0.15, -0.1) is 22.7 Å². The number of aromatic nitrogens is 3. The molecule has 0 bridgehead atoms. The molecule has 4 aromatic heterocycles. The van der Waals surface area contributed by atoms with E-state index in [0.717, 1.165) is 10.6 Å². The number of thiophene rings is 1. The Morgan fingerprint density at radius 3 is 2.96 bits per heavy atom. The SMILES string of the molecule is Cc1ccc(-c2csc(NC(=O)CCc3nc(-c4ccco4)no3)n2)s1. The van der Waals surface area contributed by atoms with Crippen LogP contribution >= 0.6 is 22.7 Å². The average molecular weight is 386 g/mol.